The van der Waals surface area contributed by atoms with Crippen molar-refractivity contribution in [2.24, 2.45) is 5.73 Å². The molecule has 176 valence electrons. The Morgan fingerprint density at radius 1 is 1.00 bits per heavy atom. The van der Waals surface area contributed by atoms with Crippen molar-refractivity contribution in [3.63, 3.8) is 0 Å². The van der Waals surface area contributed by atoms with Gasteiger partial charge in [0.25, 0.3) is 0 Å². The zero-order valence-electron chi connectivity index (χ0n) is 18.4. The normalized spacial score (nSPS) is 14.6. The quantitative estimate of drug-likeness (QED) is 0.363. The van der Waals surface area contributed by atoms with E-state index < -0.39 is 23.7 Å². The Labute approximate surface area is 192 Å². The molecule has 32 heavy (non-hydrogen) atoms. The molecule has 10 heteroatoms. The second-order valence-electron chi connectivity index (χ2n) is 6.99. The summed E-state index contributed by atoms with van der Waals surface area (Å²) in [6.07, 6.45) is -1.33. The first-order valence-electron chi connectivity index (χ1n) is 9.68. The summed E-state index contributed by atoms with van der Waals surface area (Å²) in [5.41, 5.74) is 5.18. The Morgan fingerprint density at radius 3 is 2.06 bits per heavy atom. The fourth-order valence-corrected chi connectivity index (χ4v) is 3.40. The van der Waals surface area contributed by atoms with E-state index in [4.69, 9.17) is 36.3 Å². The Hall–Kier alpha value is -2.72. The number of rotatable bonds is 11. The number of ether oxygens (including phenoxy) is 4. The molecule has 3 unspecified atom stereocenters. The first kappa shape index (κ1) is 25.5. The van der Waals surface area contributed by atoms with Crippen LogP contribution in [-0.2, 0) is 10.4 Å². The van der Waals surface area contributed by atoms with Gasteiger partial charge in [0.1, 0.15) is 11.5 Å². The zero-order chi connectivity index (χ0) is 23.9. The van der Waals surface area contributed by atoms with Crippen LogP contribution in [0.2, 0.25) is 0 Å². The highest BCUT2D eigenvalue weighted by Crippen LogP contribution is 2.38. The van der Waals surface area contributed by atoms with Crippen molar-refractivity contribution in [3.05, 3.63) is 47.5 Å². The number of amides is 1. The van der Waals surface area contributed by atoms with Crippen LogP contribution < -0.4 is 30.0 Å². The summed E-state index contributed by atoms with van der Waals surface area (Å²) in [7, 11) is 5.90. The lowest BCUT2D eigenvalue weighted by Gasteiger charge is -2.37. The first-order valence-corrected chi connectivity index (χ1v) is 10.2. The average molecular weight is 469 g/mol. The summed E-state index contributed by atoms with van der Waals surface area (Å²) in [6, 6.07) is 8.23. The Kier molecular flexibility index (Phi) is 8.97. The third-order valence-electron chi connectivity index (χ3n) is 5.20. The second-order valence-corrected chi connectivity index (χ2v) is 7.26. The highest BCUT2D eigenvalue weighted by Gasteiger charge is 2.42. The number of carbonyl (C=O) groups excluding carboxylic acids is 1. The molecule has 3 atom stereocenters. The molecular weight excluding hydrogens is 440 g/mol. The van der Waals surface area contributed by atoms with Crippen LogP contribution in [0.1, 0.15) is 17.2 Å². The predicted octanol–water partition coefficient (Wildman–Crippen LogP) is 1.32. The van der Waals surface area contributed by atoms with Gasteiger partial charge in [0, 0.05) is 0 Å². The lowest BCUT2D eigenvalue weighted by Crippen LogP contribution is -2.55. The zero-order valence-corrected chi connectivity index (χ0v) is 19.2. The summed E-state index contributed by atoms with van der Waals surface area (Å²) in [6.45, 7) is -0.306. The van der Waals surface area contributed by atoms with Crippen LogP contribution in [0.15, 0.2) is 36.4 Å². The Morgan fingerprint density at radius 2 is 1.53 bits per heavy atom. The molecule has 1 amide bonds. The number of methoxy groups -OCH3 is 4. The monoisotopic (exact) mass is 468 g/mol. The van der Waals surface area contributed by atoms with Crippen molar-refractivity contribution in [1.29, 1.82) is 0 Å². The standard InChI is InChI=1S/C22H29ClN2O7/c1-29-15-7-5-13(9-17(15)31-3)20(27)21(24)22(28,12-25-19(26)11-23)14-6-8-16(30-2)18(10-14)32-4/h5-10,20-21,27-28H,11-12,24H2,1-4H3,(H,25,26). The molecule has 0 aliphatic carbocycles. The Balaban J connectivity index is 2.50. The summed E-state index contributed by atoms with van der Waals surface area (Å²) < 4.78 is 21.1. The van der Waals surface area contributed by atoms with Crippen LogP contribution in [0.5, 0.6) is 23.0 Å². The summed E-state index contributed by atoms with van der Waals surface area (Å²) >= 11 is 5.58. The number of nitrogens with two attached hydrogens (primary N) is 1. The molecule has 0 heterocycles. The van der Waals surface area contributed by atoms with E-state index in [0.717, 1.165) is 0 Å². The number of halogens is 1. The molecule has 0 fully saturated rings. The van der Waals surface area contributed by atoms with Crippen molar-refractivity contribution in [2.75, 3.05) is 40.9 Å². The van der Waals surface area contributed by atoms with Gasteiger partial charge in [-0.05, 0) is 35.4 Å². The van der Waals surface area contributed by atoms with Crippen molar-refractivity contribution < 1.29 is 34.0 Å². The van der Waals surface area contributed by atoms with Gasteiger partial charge < -0.3 is 40.2 Å². The smallest absolute Gasteiger partial charge is 0.235 e. The summed E-state index contributed by atoms with van der Waals surface area (Å²) in [4.78, 5) is 11.8. The maximum absolute atomic E-state index is 11.8. The molecule has 0 aromatic heterocycles. The number of carbonyl (C=O) groups is 1. The summed E-state index contributed by atoms with van der Waals surface area (Å²) in [5.74, 6) is 0.855. The van der Waals surface area contributed by atoms with Crippen LogP contribution in [0.25, 0.3) is 0 Å². The minimum Gasteiger partial charge on any atom is -0.493 e. The number of alkyl halides is 1. The molecule has 2 rings (SSSR count). The third-order valence-corrected chi connectivity index (χ3v) is 5.44. The van der Waals surface area contributed by atoms with E-state index in [1.54, 1.807) is 30.3 Å². The van der Waals surface area contributed by atoms with Crippen molar-refractivity contribution >= 4 is 17.5 Å². The molecule has 0 spiro atoms. The first-order chi connectivity index (χ1) is 15.2. The van der Waals surface area contributed by atoms with Crippen molar-refractivity contribution in [1.82, 2.24) is 5.32 Å². The second kappa shape index (κ2) is 11.2. The maximum atomic E-state index is 11.8. The van der Waals surface area contributed by atoms with Crippen LogP contribution in [0.4, 0.5) is 0 Å². The van der Waals surface area contributed by atoms with Crippen LogP contribution in [-0.4, -0.2) is 63.0 Å². The molecule has 0 radical (unpaired) electrons. The van der Waals surface area contributed by atoms with Crippen LogP contribution in [0.3, 0.4) is 0 Å². The topological polar surface area (TPSA) is 132 Å². The molecule has 5 N–H and O–H groups in total. The number of aliphatic hydroxyl groups is 2. The van der Waals surface area contributed by atoms with Crippen LogP contribution >= 0.6 is 11.6 Å². The van der Waals surface area contributed by atoms with Gasteiger partial charge in [0.2, 0.25) is 5.91 Å². The van der Waals surface area contributed by atoms with Gasteiger partial charge in [-0.15, -0.1) is 11.6 Å². The van der Waals surface area contributed by atoms with E-state index in [0.29, 0.717) is 34.1 Å². The van der Waals surface area contributed by atoms with Gasteiger partial charge >= 0.3 is 0 Å². The van der Waals surface area contributed by atoms with Crippen molar-refractivity contribution in [2.45, 2.75) is 17.7 Å². The maximum Gasteiger partial charge on any atom is 0.235 e. The van der Waals surface area contributed by atoms with Gasteiger partial charge in [0.05, 0.1) is 47.1 Å². The molecule has 0 saturated heterocycles. The van der Waals surface area contributed by atoms with E-state index in [-0.39, 0.29) is 12.4 Å². The largest absolute Gasteiger partial charge is 0.493 e. The van der Waals surface area contributed by atoms with Gasteiger partial charge in [-0.3, -0.25) is 4.79 Å². The minimum absolute atomic E-state index is 0.296. The van der Waals surface area contributed by atoms with Gasteiger partial charge in [-0.2, -0.15) is 0 Å². The molecule has 0 aliphatic heterocycles. The Bertz CT molecular complexity index is 927. The molecular formula is C22H29ClN2O7. The van der Waals surface area contributed by atoms with E-state index >= 15 is 0 Å². The lowest BCUT2D eigenvalue weighted by molar-refractivity contribution is -0.121. The molecule has 2 aromatic rings. The van der Waals surface area contributed by atoms with Crippen LogP contribution in [0, 0.1) is 0 Å². The highest BCUT2D eigenvalue weighted by atomic mass is 35.5. The van der Waals surface area contributed by atoms with Crippen molar-refractivity contribution in [3.8, 4) is 23.0 Å². The predicted molar refractivity (Wildman–Crippen MR) is 120 cm³/mol. The average Bonchev–Trinajstić information content (AvgIpc) is 2.84. The number of hydrogen-bond acceptors (Lipinski definition) is 8. The van der Waals surface area contributed by atoms with E-state index in [2.05, 4.69) is 5.32 Å². The number of benzene rings is 2. The number of aliphatic hydroxyl groups excluding tert-OH is 1. The number of hydrogen-bond donors (Lipinski definition) is 4. The van der Waals surface area contributed by atoms with Gasteiger partial charge in [0.15, 0.2) is 23.0 Å². The third kappa shape index (κ3) is 5.36. The number of nitrogens with one attached hydrogen (secondary N) is 1. The highest BCUT2D eigenvalue weighted by molar-refractivity contribution is 6.27. The molecule has 9 nitrogen and oxygen atoms in total. The van der Waals surface area contributed by atoms with E-state index in [9.17, 15) is 15.0 Å². The molecule has 0 bridgehead atoms. The SMILES string of the molecule is COc1ccc(C(O)C(N)C(O)(CNC(=O)CCl)c2ccc(OC)c(OC)c2)cc1OC. The van der Waals surface area contributed by atoms with Gasteiger partial charge in [-0.25, -0.2) is 0 Å². The lowest BCUT2D eigenvalue weighted by atomic mass is 9.81. The molecule has 0 saturated carbocycles. The summed E-state index contributed by atoms with van der Waals surface area (Å²) in [5, 5.41) is 25.2. The van der Waals surface area contributed by atoms with E-state index in [1.165, 1.54) is 34.5 Å². The van der Waals surface area contributed by atoms with E-state index in [1.807, 2.05) is 0 Å². The van der Waals surface area contributed by atoms with Gasteiger partial charge in [-0.1, -0.05) is 12.1 Å². The fraction of sp³-hybridized carbons (Fsp3) is 0.409. The minimum atomic E-state index is -1.89. The molecule has 2 aromatic carbocycles. The molecule has 0 aliphatic rings. The fourth-order valence-electron chi connectivity index (χ4n) is 3.30.